The molecule has 1 aromatic heterocycles. The topological polar surface area (TPSA) is 115 Å². The number of benzene rings is 1. The summed E-state index contributed by atoms with van der Waals surface area (Å²) in [5.41, 5.74) is 2.21. The summed E-state index contributed by atoms with van der Waals surface area (Å²) in [7, 11) is -3.90. The van der Waals surface area contributed by atoms with Crippen LogP contribution in [0.15, 0.2) is 23.1 Å². The molecule has 4 rings (SSSR count). The summed E-state index contributed by atoms with van der Waals surface area (Å²) in [6, 6.07) is 4.45. The van der Waals surface area contributed by atoms with Gasteiger partial charge in [-0.15, -0.1) is 11.3 Å². The molecule has 2 heterocycles. The highest BCUT2D eigenvalue weighted by Gasteiger charge is 2.22. The third-order valence-electron chi connectivity index (χ3n) is 5.41. The van der Waals surface area contributed by atoms with Crippen LogP contribution >= 0.6 is 11.3 Å². The minimum Gasteiger partial charge on any atom is -0.378 e. The van der Waals surface area contributed by atoms with E-state index < -0.39 is 10.0 Å². The number of aryl methyl sites for hydroxylation is 2. The molecule has 1 saturated heterocycles. The minimum absolute atomic E-state index is 0.0720. The lowest BCUT2D eigenvalue weighted by Crippen LogP contribution is -2.38. The van der Waals surface area contributed by atoms with Crippen molar-refractivity contribution in [2.75, 3.05) is 37.7 Å². The van der Waals surface area contributed by atoms with Crippen molar-refractivity contribution < 1.29 is 17.9 Å². The number of hydrogen-bond donors (Lipinski definition) is 2. The average Bonchev–Trinajstić information content (AvgIpc) is 3.16. The van der Waals surface area contributed by atoms with Gasteiger partial charge >= 0.3 is 0 Å². The van der Waals surface area contributed by atoms with E-state index in [9.17, 15) is 13.2 Å². The van der Waals surface area contributed by atoms with Crippen molar-refractivity contribution in [1.29, 1.82) is 0 Å². The quantitative estimate of drug-likeness (QED) is 0.689. The number of nitrogens with two attached hydrogens (primary N) is 1. The summed E-state index contributed by atoms with van der Waals surface area (Å²) in [4.78, 5) is 21.0. The summed E-state index contributed by atoms with van der Waals surface area (Å²) in [6.07, 6.45) is 5.21. The van der Waals surface area contributed by atoms with Crippen molar-refractivity contribution in [3.05, 3.63) is 39.3 Å². The molecular formula is C20H26N4O4S2. The lowest BCUT2D eigenvalue weighted by molar-refractivity contribution is 0.0952. The van der Waals surface area contributed by atoms with E-state index in [4.69, 9.17) is 14.9 Å². The Morgan fingerprint density at radius 1 is 1.23 bits per heavy atom. The van der Waals surface area contributed by atoms with E-state index in [0.717, 1.165) is 17.8 Å². The number of aromatic nitrogens is 1. The Bertz CT molecular complexity index is 1010. The molecule has 1 aliphatic carbocycles. The number of rotatable bonds is 6. The second kappa shape index (κ2) is 9.01. The van der Waals surface area contributed by atoms with Crippen LogP contribution in [0.5, 0.6) is 0 Å². The fraction of sp³-hybridized carbons (Fsp3) is 0.500. The Kier molecular flexibility index (Phi) is 6.37. The molecule has 1 fully saturated rings. The second-order valence-corrected chi connectivity index (χ2v) is 10.2. The number of carbonyl (C=O) groups is 1. The highest BCUT2D eigenvalue weighted by atomic mass is 32.2. The van der Waals surface area contributed by atoms with E-state index in [1.807, 2.05) is 4.90 Å². The molecule has 0 unspecified atom stereocenters. The molecule has 3 N–H and O–H groups in total. The van der Waals surface area contributed by atoms with Gasteiger partial charge in [0.2, 0.25) is 10.0 Å². The van der Waals surface area contributed by atoms with E-state index >= 15 is 0 Å². The fourth-order valence-corrected chi connectivity index (χ4v) is 5.54. The van der Waals surface area contributed by atoms with Gasteiger partial charge in [-0.05, 0) is 43.9 Å². The van der Waals surface area contributed by atoms with Gasteiger partial charge in [-0.25, -0.2) is 18.5 Å². The standard InChI is InChI=1S/C20H26N4O4S2/c21-30(26,27)14-5-6-17(24-9-11-28-12-10-24)15(13-14)20(25)22-8-7-19-23-16-3-1-2-4-18(16)29-19/h5-6,13H,1-4,7-12H2,(H,22,25)(H2,21,26,27). The van der Waals surface area contributed by atoms with Gasteiger partial charge in [0.25, 0.3) is 5.91 Å². The van der Waals surface area contributed by atoms with Gasteiger partial charge in [0.1, 0.15) is 0 Å². The van der Waals surface area contributed by atoms with Crippen LogP contribution in [-0.4, -0.2) is 52.2 Å². The van der Waals surface area contributed by atoms with Crippen LogP contribution in [0.25, 0.3) is 0 Å². The van der Waals surface area contributed by atoms with Gasteiger partial charge in [0, 0.05) is 36.6 Å². The molecule has 1 amide bonds. The maximum atomic E-state index is 13.0. The summed E-state index contributed by atoms with van der Waals surface area (Å²) in [6.45, 7) is 2.84. The van der Waals surface area contributed by atoms with E-state index in [2.05, 4.69) is 5.32 Å². The third kappa shape index (κ3) is 4.83. The monoisotopic (exact) mass is 450 g/mol. The Morgan fingerprint density at radius 3 is 2.73 bits per heavy atom. The molecule has 162 valence electrons. The largest absolute Gasteiger partial charge is 0.378 e. The highest BCUT2D eigenvalue weighted by molar-refractivity contribution is 7.89. The van der Waals surface area contributed by atoms with Crippen molar-refractivity contribution in [1.82, 2.24) is 10.3 Å². The van der Waals surface area contributed by atoms with Crippen LogP contribution in [0.3, 0.4) is 0 Å². The molecular weight excluding hydrogens is 424 g/mol. The first kappa shape index (κ1) is 21.2. The second-order valence-electron chi connectivity index (χ2n) is 7.51. The number of carbonyl (C=O) groups excluding carboxylic acids is 1. The molecule has 2 aromatic rings. The first-order valence-corrected chi connectivity index (χ1v) is 12.5. The number of nitrogens with one attached hydrogen (secondary N) is 1. The Labute approximate surface area is 180 Å². The van der Waals surface area contributed by atoms with Gasteiger partial charge in [-0.1, -0.05) is 0 Å². The normalized spacial score (nSPS) is 16.9. The van der Waals surface area contributed by atoms with E-state index in [1.54, 1.807) is 17.4 Å². The van der Waals surface area contributed by atoms with Gasteiger partial charge in [0.05, 0.1) is 34.4 Å². The molecule has 0 bridgehead atoms. The van der Waals surface area contributed by atoms with Crippen molar-refractivity contribution in [3.63, 3.8) is 0 Å². The predicted octanol–water partition coefficient (Wildman–Crippen LogP) is 1.48. The maximum Gasteiger partial charge on any atom is 0.253 e. The molecule has 1 aromatic carbocycles. The van der Waals surface area contributed by atoms with Gasteiger partial charge in [-0.2, -0.15) is 0 Å². The lowest BCUT2D eigenvalue weighted by Gasteiger charge is -2.30. The first-order valence-electron chi connectivity index (χ1n) is 10.2. The number of thiazole rings is 1. The van der Waals surface area contributed by atoms with Crippen molar-refractivity contribution in [2.45, 2.75) is 37.0 Å². The number of amides is 1. The molecule has 0 saturated carbocycles. The number of primary sulfonamides is 1. The smallest absolute Gasteiger partial charge is 0.253 e. The molecule has 0 radical (unpaired) electrons. The Hall–Kier alpha value is -2.01. The number of fused-ring (bicyclic) bond motifs is 1. The number of morpholine rings is 1. The number of ether oxygens (including phenoxy) is 1. The Morgan fingerprint density at radius 2 is 2.00 bits per heavy atom. The van der Waals surface area contributed by atoms with Crippen LogP contribution < -0.4 is 15.4 Å². The summed E-state index contributed by atoms with van der Waals surface area (Å²) in [5.74, 6) is -0.316. The molecule has 2 aliphatic rings. The van der Waals surface area contributed by atoms with Crippen LogP contribution in [0.1, 0.15) is 38.8 Å². The maximum absolute atomic E-state index is 13.0. The van der Waals surface area contributed by atoms with Gasteiger partial charge in [-0.3, -0.25) is 4.79 Å². The molecule has 8 nitrogen and oxygen atoms in total. The molecule has 10 heteroatoms. The van der Waals surface area contributed by atoms with E-state index in [-0.39, 0.29) is 10.8 Å². The first-order chi connectivity index (χ1) is 14.4. The number of hydrogen-bond acceptors (Lipinski definition) is 7. The average molecular weight is 451 g/mol. The zero-order valence-electron chi connectivity index (χ0n) is 16.7. The zero-order valence-corrected chi connectivity index (χ0v) is 18.4. The fourth-order valence-electron chi connectivity index (χ4n) is 3.84. The van der Waals surface area contributed by atoms with Crippen molar-refractivity contribution >= 4 is 33.0 Å². The van der Waals surface area contributed by atoms with Crippen LogP contribution in [0.2, 0.25) is 0 Å². The van der Waals surface area contributed by atoms with Crippen LogP contribution in [0.4, 0.5) is 5.69 Å². The van der Waals surface area contributed by atoms with Gasteiger partial charge < -0.3 is 15.0 Å². The van der Waals surface area contributed by atoms with Crippen LogP contribution in [0, 0.1) is 0 Å². The summed E-state index contributed by atoms with van der Waals surface area (Å²) < 4.78 is 29.0. The SMILES string of the molecule is NS(=O)(=O)c1ccc(N2CCOCC2)c(C(=O)NCCc2nc3c(s2)CCCC3)c1. The number of nitrogens with zero attached hydrogens (tertiary/aromatic N) is 2. The summed E-state index contributed by atoms with van der Waals surface area (Å²) >= 11 is 1.73. The zero-order chi connectivity index (χ0) is 21.1. The number of sulfonamides is 1. The summed E-state index contributed by atoms with van der Waals surface area (Å²) in [5, 5.41) is 9.23. The molecule has 0 atom stereocenters. The van der Waals surface area contributed by atoms with Crippen molar-refractivity contribution in [2.24, 2.45) is 5.14 Å². The number of anilines is 1. The predicted molar refractivity (Wildman–Crippen MR) is 116 cm³/mol. The lowest BCUT2D eigenvalue weighted by atomic mass is 10.0. The molecule has 30 heavy (non-hydrogen) atoms. The van der Waals surface area contributed by atoms with Gasteiger partial charge in [0.15, 0.2) is 0 Å². The third-order valence-corrected chi connectivity index (χ3v) is 7.54. The Balaban J connectivity index is 1.48. The van der Waals surface area contributed by atoms with Crippen LogP contribution in [-0.2, 0) is 34.0 Å². The van der Waals surface area contributed by atoms with Crippen molar-refractivity contribution in [3.8, 4) is 0 Å². The molecule has 1 aliphatic heterocycles. The molecule has 0 spiro atoms. The van der Waals surface area contributed by atoms with E-state index in [0.29, 0.717) is 50.5 Å². The minimum atomic E-state index is -3.90. The van der Waals surface area contributed by atoms with E-state index in [1.165, 1.54) is 35.5 Å². The highest BCUT2D eigenvalue weighted by Crippen LogP contribution is 2.27.